The molecule has 1 unspecified atom stereocenters. The maximum atomic E-state index is 10.6. The van der Waals surface area contributed by atoms with Gasteiger partial charge < -0.3 is 20.8 Å². The van der Waals surface area contributed by atoms with Crippen molar-refractivity contribution in [2.24, 2.45) is 4.99 Å². The number of aryl methyl sites for hydroxylation is 1. The first-order chi connectivity index (χ1) is 12.0. The molecule has 1 aromatic heterocycles. The number of rotatable bonds is 8. The van der Waals surface area contributed by atoms with Gasteiger partial charge in [0, 0.05) is 13.1 Å². The minimum Gasteiger partial charge on any atom is -0.508 e. The third kappa shape index (κ3) is 7.51. The highest BCUT2D eigenvalue weighted by Gasteiger charge is 2.23. The number of aromatic hydroxyl groups is 1. The molecule has 4 N–H and O–H groups in total. The van der Waals surface area contributed by atoms with Gasteiger partial charge in [-0.3, -0.25) is 0 Å². The third-order valence-corrected chi connectivity index (χ3v) is 4.59. The molecular formula is C19H28IN3O2S. The zero-order valence-corrected chi connectivity index (χ0v) is 18.4. The van der Waals surface area contributed by atoms with E-state index in [2.05, 4.69) is 15.6 Å². The van der Waals surface area contributed by atoms with E-state index in [0.717, 1.165) is 31.5 Å². The largest absolute Gasteiger partial charge is 0.508 e. The lowest BCUT2D eigenvalue weighted by Gasteiger charge is -2.21. The van der Waals surface area contributed by atoms with E-state index in [1.807, 2.05) is 35.9 Å². The molecule has 0 aliphatic rings. The number of thiophene rings is 1. The van der Waals surface area contributed by atoms with E-state index in [9.17, 15) is 10.2 Å². The number of guanidine groups is 1. The summed E-state index contributed by atoms with van der Waals surface area (Å²) in [6.45, 7) is 5.66. The van der Waals surface area contributed by atoms with Gasteiger partial charge in [-0.1, -0.05) is 12.1 Å². The van der Waals surface area contributed by atoms with Gasteiger partial charge in [0.2, 0.25) is 0 Å². The van der Waals surface area contributed by atoms with Gasteiger partial charge in [-0.15, -0.1) is 24.0 Å². The highest BCUT2D eigenvalue weighted by atomic mass is 127. The van der Waals surface area contributed by atoms with Crippen LogP contribution >= 0.6 is 35.3 Å². The predicted molar refractivity (Wildman–Crippen MR) is 120 cm³/mol. The monoisotopic (exact) mass is 489 g/mol. The Balaban J connectivity index is 0.00000338. The third-order valence-electron chi connectivity index (χ3n) is 3.90. The molecule has 0 saturated carbocycles. The molecule has 144 valence electrons. The van der Waals surface area contributed by atoms with Crippen molar-refractivity contribution in [2.75, 3.05) is 19.6 Å². The van der Waals surface area contributed by atoms with Gasteiger partial charge in [0.25, 0.3) is 0 Å². The standard InChI is InChI=1S/C19H27N3O2S.HI/c1-3-20-18(22-14-19(2,24)16-10-12-25-13-16)21-11-4-5-15-6-8-17(23)9-7-15;/h6-10,12-13,23-24H,3-5,11,14H2,1-2H3,(H2,20,21,22);1H. The summed E-state index contributed by atoms with van der Waals surface area (Å²) in [7, 11) is 0. The van der Waals surface area contributed by atoms with Crippen LogP contribution in [0.15, 0.2) is 46.1 Å². The number of benzene rings is 1. The van der Waals surface area contributed by atoms with E-state index in [0.29, 0.717) is 18.3 Å². The quantitative estimate of drug-likeness (QED) is 0.198. The highest BCUT2D eigenvalue weighted by molar-refractivity contribution is 14.0. The molecule has 0 saturated heterocycles. The molecule has 1 heterocycles. The van der Waals surface area contributed by atoms with Crippen LogP contribution in [0.3, 0.4) is 0 Å². The summed E-state index contributed by atoms with van der Waals surface area (Å²) in [4.78, 5) is 4.51. The second-order valence-electron chi connectivity index (χ2n) is 6.18. The lowest BCUT2D eigenvalue weighted by Crippen LogP contribution is -2.39. The van der Waals surface area contributed by atoms with E-state index in [1.165, 1.54) is 5.56 Å². The lowest BCUT2D eigenvalue weighted by molar-refractivity contribution is 0.0677. The molecule has 5 nitrogen and oxygen atoms in total. The smallest absolute Gasteiger partial charge is 0.191 e. The van der Waals surface area contributed by atoms with Crippen molar-refractivity contribution >= 4 is 41.3 Å². The van der Waals surface area contributed by atoms with Gasteiger partial charge in [-0.05, 0) is 66.8 Å². The van der Waals surface area contributed by atoms with E-state index in [4.69, 9.17) is 0 Å². The fraction of sp³-hybridized carbons (Fsp3) is 0.421. The molecular weight excluding hydrogens is 461 g/mol. The number of hydrogen-bond donors (Lipinski definition) is 4. The van der Waals surface area contributed by atoms with Crippen LogP contribution in [0.25, 0.3) is 0 Å². The number of phenolic OH excluding ortho intramolecular Hbond substituents is 1. The minimum absolute atomic E-state index is 0. The number of aliphatic imine (C=N–C) groups is 1. The summed E-state index contributed by atoms with van der Waals surface area (Å²) < 4.78 is 0. The molecule has 0 spiro atoms. The molecule has 1 aromatic carbocycles. The first-order valence-electron chi connectivity index (χ1n) is 8.56. The van der Waals surface area contributed by atoms with Gasteiger partial charge in [-0.25, -0.2) is 4.99 Å². The van der Waals surface area contributed by atoms with Crippen molar-refractivity contribution in [2.45, 2.75) is 32.3 Å². The molecule has 0 bridgehead atoms. The molecule has 2 rings (SSSR count). The summed E-state index contributed by atoms with van der Waals surface area (Å²) >= 11 is 1.57. The van der Waals surface area contributed by atoms with Crippen molar-refractivity contribution in [1.29, 1.82) is 0 Å². The average molecular weight is 489 g/mol. The molecule has 0 fully saturated rings. The van der Waals surface area contributed by atoms with E-state index in [1.54, 1.807) is 30.4 Å². The molecule has 1 atom stereocenters. The Kier molecular flexibility index (Phi) is 9.97. The fourth-order valence-corrected chi connectivity index (χ4v) is 3.18. The molecule has 26 heavy (non-hydrogen) atoms. The predicted octanol–water partition coefficient (Wildman–Crippen LogP) is 3.47. The number of aliphatic hydroxyl groups is 1. The first-order valence-corrected chi connectivity index (χ1v) is 9.50. The molecule has 0 amide bonds. The maximum Gasteiger partial charge on any atom is 0.191 e. The molecule has 0 aliphatic carbocycles. The maximum absolute atomic E-state index is 10.6. The van der Waals surface area contributed by atoms with Crippen LogP contribution in [0.4, 0.5) is 0 Å². The van der Waals surface area contributed by atoms with Crippen LogP contribution in [0.1, 0.15) is 31.4 Å². The Hall–Kier alpha value is -1.32. The number of nitrogens with zero attached hydrogens (tertiary/aromatic N) is 1. The van der Waals surface area contributed by atoms with Crippen molar-refractivity contribution in [3.63, 3.8) is 0 Å². The Morgan fingerprint density at radius 2 is 1.92 bits per heavy atom. The van der Waals surface area contributed by atoms with Crippen LogP contribution in [-0.4, -0.2) is 35.8 Å². The number of phenols is 1. The summed E-state index contributed by atoms with van der Waals surface area (Å²) in [5, 5.41) is 30.3. The van der Waals surface area contributed by atoms with Gasteiger partial charge in [0.1, 0.15) is 11.4 Å². The van der Waals surface area contributed by atoms with Gasteiger partial charge in [0.05, 0.1) is 6.54 Å². The van der Waals surface area contributed by atoms with E-state index >= 15 is 0 Å². The Bertz CT molecular complexity index is 658. The Labute approximate surface area is 176 Å². The SMILES string of the molecule is CCNC(=NCC(C)(O)c1ccsc1)NCCCc1ccc(O)cc1.I. The van der Waals surface area contributed by atoms with Crippen molar-refractivity contribution in [3.05, 3.63) is 52.2 Å². The number of nitrogens with one attached hydrogen (secondary N) is 2. The lowest BCUT2D eigenvalue weighted by atomic mass is 10.00. The molecule has 0 aliphatic heterocycles. The van der Waals surface area contributed by atoms with Crippen LogP contribution in [-0.2, 0) is 12.0 Å². The normalized spacial score (nSPS) is 13.6. The van der Waals surface area contributed by atoms with Crippen LogP contribution < -0.4 is 10.6 Å². The topological polar surface area (TPSA) is 76.9 Å². The fourth-order valence-electron chi connectivity index (χ4n) is 2.40. The molecule has 2 aromatic rings. The van der Waals surface area contributed by atoms with Crippen LogP contribution in [0.5, 0.6) is 5.75 Å². The van der Waals surface area contributed by atoms with Crippen molar-refractivity contribution < 1.29 is 10.2 Å². The van der Waals surface area contributed by atoms with Gasteiger partial charge in [0.15, 0.2) is 5.96 Å². The van der Waals surface area contributed by atoms with E-state index in [-0.39, 0.29) is 24.0 Å². The van der Waals surface area contributed by atoms with E-state index < -0.39 is 5.60 Å². The Morgan fingerprint density at radius 1 is 1.19 bits per heavy atom. The van der Waals surface area contributed by atoms with Gasteiger partial charge >= 0.3 is 0 Å². The second kappa shape index (κ2) is 11.4. The van der Waals surface area contributed by atoms with Crippen molar-refractivity contribution in [3.8, 4) is 5.75 Å². The highest BCUT2D eigenvalue weighted by Crippen LogP contribution is 2.23. The number of hydrogen-bond acceptors (Lipinski definition) is 4. The minimum atomic E-state index is -0.964. The zero-order chi connectivity index (χ0) is 18.1. The first kappa shape index (κ1) is 22.7. The number of halogens is 1. The molecule has 7 heteroatoms. The summed E-state index contributed by atoms with van der Waals surface area (Å²) in [6, 6.07) is 9.22. The summed E-state index contributed by atoms with van der Waals surface area (Å²) in [5.74, 6) is 1.00. The summed E-state index contributed by atoms with van der Waals surface area (Å²) in [6.07, 6.45) is 1.88. The zero-order valence-electron chi connectivity index (χ0n) is 15.2. The summed E-state index contributed by atoms with van der Waals surface area (Å²) in [5.41, 5.74) is 1.13. The van der Waals surface area contributed by atoms with Crippen LogP contribution in [0, 0.1) is 0 Å². The Morgan fingerprint density at radius 3 is 2.54 bits per heavy atom. The van der Waals surface area contributed by atoms with Crippen LogP contribution in [0.2, 0.25) is 0 Å². The van der Waals surface area contributed by atoms with Crippen molar-refractivity contribution in [1.82, 2.24) is 10.6 Å². The molecule has 0 radical (unpaired) electrons. The average Bonchev–Trinajstić information content (AvgIpc) is 3.13. The second-order valence-corrected chi connectivity index (χ2v) is 6.96. The van der Waals surface area contributed by atoms with Gasteiger partial charge in [-0.2, -0.15) is 11.3 Å².